The fourth-order valence-corrected chi connectivity index (χ4v) is 2.57. The van der Waals surface area contributed by atoms with Crippen molar-refractivity contribution in [2.45, 2.75) is 39.0 Å². The van der Waals surface area contributed by atoms with Crippen LogP contribution in [0.3, 0.4) is 0 Å². The number of aryl methyl sites for hydroxylation is 1. The Labute approximate surface area is 145 Å². The van der Waals surface area contributed by atoms with Crippen LogP contribution in [0, 0.1) is 0 Å². The van der Waals surface area contributed by atoms with Crippen LogP contribution in [0.15, 0.2) is 54.6 Å². The van der Waals surface area contributed by atoms with Gasteiger partial charge in [-0.3, -0.25) is 4.79 Å². The average Bonchev–Trinajstić information content (AvgIpc) is 2.57. The molecule has 1 N–H and O–H groups in total. The molecule has 0 saturated heterocycles. The van der Waals surface area contributed by atoms with E-state index in [2.05, 4.69) is 38.2 Å². The second kappa shape index (κ2) is 8.53. The lowest BCUT2D eigenvalue weighted by molar-refractivity contribution is -0.123. The predicted octanol–water partition coefficient (Wildman–Crippen LogP) is 4.11. The van der Waals surface area contributed by atoms with Gasteiger partial charge in [-0.15, -0.1) is 0 Å². The van der Waals surface area contributed by atoms with Gasteiger partial charge in [-0.05, 0) is 35.4 Å². The van der Waals surface area contributed by atoms with Gasteiger partial charge in [0.15, 0.2) is 6.61 Å². The van der Waals surface area contributed by atoms with Crippen LogP contribution in [-0.4, -0.2) is 19.1 Å². The van der Waals surface area contributed by atoms with E-state index in [1.807, 2.05) is 42.5 Å². The van der Waals surface area contributed by atoms with Crippen molar-refractivity contribution in [3.8, 4) is 5.75 Å². The minimum Gasteiger partial charge on any atom is -0.483 e. The smallest absolute Gasteiger partial charge is 0.257 e. The van der Waals surface area contributed by atoms with E-state index in [9.17, 15) is 4.79 Å². The maximum absolute atomic E-state index is 12.0. The first-order valence-corrected chi connectivity index (χ1v) is 8.50. The van der Waals surface area contributed by atoms with E-state index >= 15 is 0 Å². The molecule has 3 heteroatoms. The highest BCUT2D eigenvalue weighted by Gasteiger charge is 2.18. The Hall–Kier alpha value is -2.29. The SMILES string of the molecule is CC(C)(C)c1ccccc1OCC(=O)NCCCc1ccccc1. The summed E-state index contributed by atoms with van der Waals surface area (Å²) in [5, 5.41) is 2.92. The van der Waals surface area contributed by atoms with Crippen molar-refractivity contribution in [3.63, 3.8) is 0 Å². The van der Waals surface area contributed by atoms with E-state index in [1.165, 1.54) is 5.56 Å². The van der Waals surface area contributed by atoms with Gasteiger partial charge >= 0.3 is 0 Å². The molecule has 2 aromatic rings. The van der Waals surface area contributed by atoms with Crippen LogP contribution >= 0.6 is 0 Å². The Kier molecular flexibility index (Phi) is 6.42. The lowest BCUT2D eigenvalue weighted by Gasteiger charge is -2.22. The molecule has 3 nitrogen and oxygen atoms in total. The first kappa shape index (κ1) is 18.1. The minimum atomic E-state index is -0.0771. The van der Waals surface area contributed by atoms with Gasteiger partial charge in [-0.1, -0.05) is 69.3 Å². The fraction of sp³-hybridized carbons (Fsp3) is 0.381. The number of carbonyl (C=O) groups excluding carboxylic acids is 1. The highest BCUT2D eigenvalue weighted by Crippen LogP contribution is 2.30. The highest BCUT2D eigenvalue weighted by molar-refractivity contribution is 5.77. The Morgan fingerprint density at radius 1 is 1.00 bits per heavy atom. The summed E-state index contributed by atoms with van der Waals surface area (Å²) in [7, 11) is 0. The Morgan fingerprint density at radius 3 is 2.38 bits per heavy atom. The van der Waals surface area contributed by atoms with Crippen molar-refractivity contribution in [2.24, 2.45) is 0 Å². The van der Waals surface area contributed by atoms with Gasteiger partial charge in [0.05, 0.1) is 0 Å². The topological polar surface area (TPSA) is 38.3 Å². The normalized spacial score (nSPS) is 11.1. The predicted molar refractivity (Wildman–Crippen MR) is 98.4 cm³/mol. The van der Waals surface area contributed by atoms with Crippen molar-refractivity contribution in [1.29, 1.82) is 0 Å². The summed E-state index contributed by atoms with van der Waals surface area (Å²) < 4.78 is 5.73. The van der Waals surface area contributed by atoms with Gasteiger partial charge in [0.25, 0.3) is 5.91 Å². The standard InChI is InChI=1S/C21H27NO2/c1-21(2,3)18-13-7-8-14-19(18)24-16-20(23)22-15-9-12-17-10-5-4-6-11-17/h4-8,10-11,13-14H,9,12,15-16H2,1-3H3,(H,22,23). The van der Waals surface area contributed by atoms with Gasteiger partial charge in [0.2, 0.25) is 0 Å². The Bertz CT molecular complexity index is 644. The third-order valence-corrected chi connectivity index (χ3v) is 3.86. The molecule has 0 saturated carbocycles. The van der Waals surface area contributed by atoms with E-state index in [0.717, 1.165) is 24.2 Å². The van der Waals surface area contributed by atoms with E-state index in [4.69, 9.17) is 4.74 Å². The van der Waals surface area contributed by atoms with Crippen molar-refractivity contribution in [2.75, 3.05) is 13.2 Å². The van der Waals surface area contributed by atoms with Crippen LogP contribution in [0.2, 0.25) is 0 Å². The molecule has 0 heterocycles. The Morgan fingerprint density at radius 2 is 1.67 bits per heavy atom. The zero-order valence-corrected chi connectivity index (χ0v) is 14.8. The molecule has 0 aromatic heterocycles. The molecular weight excluding hydrogens is 298 g/mol. The minimum absolute atomic E-state index is 0.0112. The average molecular weight is 325 g/mol. The van der Waals surface area contributed by atoms with Crippen molar-refractivity contribution in [3.05, 3.63) is 65.7 Å². The number of rotatable bonds is 7. The maximum Gasteiger partial charge on any atom is 0.257 e. The highest BCUT2D eigenvalue weighted by atomic mass is 16.5. The molecule has 0 unspecified atom stereocenters. The van der Waals surface area contributed by atoms with Crippen LogP contribution in [0.1, 0.15) is 38.3 Å². The first-order valence-electron chi connectivity index (χ1n) is 8.50. The van der Waals surface area contributed by atoms with Crippen molar-refractivity contribution in [1.82, 2.24) is 5.32 Å². The summed E-state index contributed by atoms with van der Waals surface area (Å²) >= 11 is 0. The number of hydrogen-bond acceptors (Lipinski definition) is 2. The quantitative estimate of drug-likeness (QED) is 0.778. The third kappa shape index (κ3) is 5.73. The molecule has 2 rings (SSSR count). The second-order valence-electron chi connectivity index (χ2n) is 6.97. The monoisotopic (exact) mass is 325 g/mol. The molecule has 0 aliphatic carbocycles. The van der Waals surface area contributed by atoms with Gasteiger partial charge in [-0.2, -0.15) is 0 Å². The molecule has 0 bridgehead atoms. The lowest BCUT2D eigenvalue weighted by Crippen LogP contribution is -2.30. The van der Waals surface area contributed by atoms with E-state index < -0.39 is 0 Å². The number of amides is 1. The van der Waals surface area contributed by atoms with Crippen molar-refractivity contribution >= 4 is 5.91 Å². The summed E-state index contributed by atoms with van der Waals surface area (Å²) in [6, 6.07) is 18.2. The van der Waals surface area contributed by atoms with Crippen LogP contribution in [-0.2, 0) is 16.6 Å². The molecule has 128 valence electrons. The molecule has 0 radical (unpaired) electrons. The molecule has 0 aliphatic rings. The summed E-state index contributed by atoms with van der Waals surface area (Å²) in [6.07, 6.45) is 1.89. The third-order valence-electron chi connectivity index (χ3n) is 3.86. The summed E-state index contributed by atoms with van der Waals surface area (Å²) in [5.74, 6) is 0.705. The van der Waals surface area contributed by atoms with Gasteiger partial charge in [-0.25, -0.2) is 0 Å². The number of carbonyl (C=O) groups is 1. The molecule has 0 aliphatic heterocycles. The van der Waals surface area contributed by atoms with Gasteiger partial charge in [0.1, 0.15) is 5.75 Å². The molecule has 2 aromatic carbocycles. The second-order valence-corrected chi connectivity index (χ2v) is 6.97. The molecule has 1 amide bonds. The number of benzene rings is 2. The van der Waals surface area contributed by atoms with Crippen LogP contribution in [0.5, 0.6) is 5.75 Å². The van der Waals surface area contributed by atoms with E-state index in [-0.39, 0.29) is 17.9 Å². The summed E-state index contributed by atoms with van der Waals surface area (Å²) in [6.45, 7) is 7.13. The van der Waals surface area contributed by atoms with E-state index in [1.54, 1.807) is 0 Å². The first-order chi connectivity index (χ1) is 11.5. The number of nitrogens with one attached hydrogen (secondary N) is 1. The number of para-hydroxylation sites is 1. The lowest BCUT2D eigenvalue weighted by atomic mass is 9.86. The largest absolute Gasteiger partial charge is 0.483 e. The molecule has 24 heavy (non-hydrogen) atoms. The molecule has 0 fully saturated rings. The van der Waals surface area contributed by atoms with E-state index in [0.29, 0.717) is 6.54 Å². The summed E-state index contributed by atoms with van der Waals surface area (Å²) in [5.41, 5.74) is 2.40. The molecule has 0 atom stereocenters. The summed E-state index contributed by atoms with van der Waals surface area (Å²) in [4.78, 5) is 12.0. The van der Waals surface area contributed by atoms with Gasteiger partial charge < -0.3 is 10.1 Å². The maximum atomic E-state index is 12.0. The Balaban J connectivity index is 1.74. The number of ether oxygens (including phenoxy) is 1. The fourth-order valence-electron chi connectivity index (χ4n) is 2.57. The van der Waals surface area contributed by atoms with Crippen LogP contribution < -0.4 is 10.1 Å². The molecular formula is C21H27NO2. The van der Waals surface area contributed by atoms with Crippen molar-refractivity contribution < 1.29 is 9.53 Å². The van der Waals surface area contributed by atoms with Crippen LogP contribution in [0.25, 0.3) is 0 Å². The van der Waals surface area contributed by atoms with Crippen LogP contribution in [0.4, 0.5) is 0 Å². The number of hydrogen-bond donors (Lipinski definition) is 1. The van der Waals surface area contributed by atoms with Gasteiger partial charge in [0, 0.05) is 6.54 Å². The zero-order valence-electron chi connectivity index (χ0n) is 14.8. The zero-order chi connectivity index (χ0) is 17.4. The molecule has 0 spiro atoms.